The number of likely N-dealkylation sites (N-methyl/N-ethyl adjacent to an activating group) is 1. The van der Waals surface area contributed by atoms with Crippen molar-refractivity contribution < 1.29 is 9.59 Å². The maximum atomic E-state index is 11.7. The molecule has 0 aliphatic carbocycles. The van der Waals surface area contributed by atoms with Crippen LogP contribution in [0.2, 0.25) is 0 Å². The van der Waals surface area contributed by atoms with Gasteiger partial charge in [-0.15, -0.1) is 24.0 Å². The molecule has 8 heteroatoms. The molecular weight excluding hydrogens is 397 g/mol. The van der Waals surface area contributed by atoms with E-state index in [1.54, 1.807) is 21.1 Å². The molecule has 0 aliphatic heterocycles. The molecule has 3 N–H and O–H groups in total. The van der Waals surface area contributed by atoms with Crippen molar-refractivity contribution in [1.29, 1.82) is 0 Å². The number of guanidine groups is 1. The number of carbonyl (C=O) groups excluding carboxylic acids is 2. The highest BCUT2D eigenvalue weighted by Gasteiger charge is 2.26. The van der Waals surface area contributed by atoms with E-state index in [2.05, 4.69) is 20.9 Å². The Balaban J connectivity index is 0. The van der Waals surface area contributed by atoms with E-state index in [9.17, 15) is 9.59 Å². The van der Waals surface area contributed by atoms with Crippen molar-refractivity contribution in [2.75, 3.05) is 40.8 Å². The van der Waals surface area contributed by atoms with Gasteiger partial charge in [-0.3, -0.25) is 9.59 Å². The van der Waals surface area contributed by atoms with Crippen LogP contribution in [0.3, 0.4) is 0 Å². The monoisotopic (exact) mass is 427 g/mol. The Hall–Kier alpha value is -1.06. The highest BCUT2D eigenvalue weighted by molar-refractivity contribution is 14.0. The average Bonchev–Trinajstić information content (AvgIpc) is 2.44. The van der Waals surface area contributed by atoms with Gasteiger partial charge in [0.05, 0.1) is 5.41 Å². The van der Waals surface area contributed by atoms with Gasteiger partial charge in [0.1, 0.15) is 6.54 Å². The molecule has 0 saturated carbocycles. The molecule has 0 fully saturated rings. The Morgan fingerprint density at radius 1 is 1.18 bits per heavy atom. The van der Waals surface area contributed by atoms with Crippen LogP contribution < -0.4 is 16.0 Å². The number of amides is 2. The van der Waals surface area contributed by atoms with E-state index < -0.39 is 5.41 Å². The summed E-state index contributed by atoms with van der Waals surface area (Å²) in [7, 11) is 5.00. The number of hydrogen-bond donors (Lipinski definition) is 3. The van der Waals surface area contributed by atoms with Crippen molar-refractivity contribution in [2.45, 2.75) is 27.2 Å². The Kier molecular flexibility index (Phi) is 12.1. The lowest BCUT2D eigenvalue weighted by Crippen LogP contribution is -2.47. The smallest absolute Gasteiger partial charge is 0.243 e. The second-order valence-electron chi connectivity index (χ2n) is 5.70. The predicted octanol–water partition coefficient (Wildman–Crippen LogP) is 0.410. The molecule has 7 nitrogen and oxygen atoms in total. The molecule has 22 heavy (non-hydrogen) atoms. The van der Waals surface area contributed by atoms with Crippen LogP contribution in [0.25, 0.3) is 0 Å². The molecule has 0 heterocycles. The second-order valence-corrected chi connectivity index (χ2v) is 5.70. The van der Waals surface area contributed by atoms with Crippen molar-refractivity contribution in [3.05, 3.63) is 0 Å². The number of carbonyl (C=O) groups is 2. The van der Waals surface area contributed by atoms with Gasteiger partial charge in [0.25, 0.3) is 0 Å². The third kappa shape index (κ3) is 9.06. The minimum atomic E-state index is -0.561. The number of aliphatic imine (C=N–C) groups is 1. The molecule has 130 valence electrons. The first-order valence-corrected chi connectivity index (χ1v) is 7.19. The van der Waals surface area contributed by atoms with Gasteiger partial charge in [-0.05, 0) is 20.3 Å². The van der Waals surface area contributed by atoms with Gasteiger partial charge in [-0.2, -0.15) is 0 Å². The van der Waals surface area contributed by atoms with E-state index in [1.807, 2.05) is 20.8 Å². The van der Waals surface area contributed by atoms with Gasteiger partial charge in [-0.1, -0.05) is 6.92 Å². The number of halogens is 1. The normalized spacial score (nSPS) is 11.3. The van der Waals surface area contributed by atoms with E-state index >= 15 is 0 Å². The standard InChI is InChI=1S/C14H29N5O2.HI/c1-7-8-16-13(17-9-11(20)19(5)6)18-10-14(2,3)12(21)15-4;/h7-10H2,1-6H3,(H,15,21)(H2,16,17,18);1H. The maximum absolute atomic E-state index is 11.7. The molecule has 0 aromatic carbocycles. The molecule has 0 radical (unpaired) electrons. The SMILES string of the molecule is CCCNC(=NCC(=O)N(C)C)NCC(C)(C)C(=O)NC.I. The summed E-state index contributed by atoms with van der Waals surface area (Å²) in [5.74, 6) is 0.427. The molecule has 0 bridgehead atoms. The Labute approximate surface area is 150 Å². The molecule has 0 atom stereocenters. The van der Waals surface area contributed by atoms with Crippen LogP contribution in [0.15, 0.2) is 4.99 Å². The van der Waals surface area contributed by atoms with Crippen molar-refractivity contribution >= 4 is 41.8 Å². The maximum Gasteiger partial charge on any atom is 0.243 e. The molecule has 2 amide bonds. The molecular formula is C14H30IN5O2. The van der Waals surface area contributed by atoms with Crippen LogP contribution in [0.1, 0.15) is 27.2 Å². The molecule has 0 rings (SSSR count). The van der Waals surface area contributed by atoms with Gasteiger partial charge < -0.3 is 20.9 Å². The van der Waals surface area contributed by atoms with E-state index in [1.165, 1.54) is 4.90 Å². The first kappa shape index (κ1) is 23.2. The lowest BCUT2D eigenvalue weighted by Gasteiger charge is -2.24. The largest absolute Gasteiger partial charge is 0.359 e. The highest BCUT2D eigenvalue weighted by atomic mass is 127. The van der Waals surface area contributed by atoms with E-state index in [0.29, 0.717) is 12.5 Å². The number of nitrogens with zero attached hydrogens (tertiary/aromatic N) is 2. The summed E-state index contributed by atoms with van der Waals surface area (Å²) in [4.78, 5) is 29.1. The number of nitrogens with one attached hydrogen (secondary N) is 3. The summed E-state index contributed by atoms with van der Waals surface area (Å²) in [5.41, 5.74) is -0.561. The van der Waals surface area contributed by atoms with Crippen molar-refractivity contribution in [3.8, 4) is 0 Å². The minimum absolute atomic E-state index is 0. The lowest BCUT2D eigenvalue weighted by atomic mass is 9.92. The summed E-state index contributed by atoms with van der Waals surface area (Å²) in [6, 6.07) is 0. The topological polar surface area (TPSA) is 85.8 Å². The lowest BCUT2D eigenvalue weighted by molar-refractivity contribution is -0.128. The Morgan fingerprint density at radius 3 is 2.23 bits per heavy atom. The molecule has 0 saturated heterocycles. The molecule has 0 aliphatic rings. The fourth-order valence-electron chi connectivity index (χ4n) is 1.43. The first-order chi connectivity index (χ1) is 9.74. The van der Waals surface area contributed by atoms with Gasteiger partial charge in [0, 0.05) is 34.2 Å². The third-order valence-corrected chi connectivity index (χ3v) is 2.95. The van der Waals surface area contributed by atoms with Crippen LogP contribution in [0, 0.1) is 5.41 Å². The van der Waals surface area contributed by atoms with Crippen LogP contribution in [0.5, 0.6) is 0 Å². The zero-order valence-corrected chi connectivity index (χ0v) is 16.8. The highest BCUT2D eigenvalue weighted by Crippen LogP contribution is 2.12. The Morgan fingerprint density at radius 2 is 1.77 bits per heavy atom. The van der Waals surface area contributed by atoms with Crippen LogP contribution >= 0.6 is 24.0 Å². The van der Waals surface area contributed by atoms with Gasteiger partial charge in [0.15, 0.2) is 5.96 Å². The summed E-state index contributed by atoms with van der Waals surface area (Å²) >= 11 is 0. The van der Waals surface area contributed by atoms with E-state index in [4.69, 9.17) is 0 Å². The molecule has 0 aromatic rings. The zero-order valence-electron chi connectivity index (χ0n) is 14.4. The average molecular weight is 427 g/mol. The first-order valence-electron chi connectivity index (χ1n) is 7.19. The second kappa shape index (κ2) is 11.5. The zero-order chi connectivity index (χ0) is 16.5. The van der Waals surface area contributed by atoms with Crippen LogP contribution in [0.4, 0.5) is 0 Å². The number of hydrogen-bond acceptors (Lipinski definition) is 3. The van der Waals surface area contributed by atoms with Crippen molar-refractivity contribution in [1.82, 2.24) is 20.9 Å². The Bertz CT molecular complexity index is 383. The predicted molar refractivity (Wildman–Crippen MR) is 101 cm³/mol. The van der Waals surface area contributed by atoms with Gasteiger partial charge in [-0.25, -0.2) is 4.99 Å². The van der Waals surface area contributed by atoms with Crippen LogP contribution in [-0.2, 0) is 9.59 Å². The quantitative estimate of drug-likeness (QED) is 0.312. The van der Waals surface area contributed by atoms with Gasteiger partial charge in [0.2, 0.25) is 11.8 Å². The summed E-state index contributed by atoms with van der Waals surface area (Å²) in [6.07, 6.45) is 0.946. The van der Waals surface area contributed by atoms with Crippen LogP contribution in [-0.4, -0.2) is 63.5 Å². The fraction of sp³-hybridized carbons (Fsp3) is 0.786. The van der Waals surface area contributed by atoms with Crippen molar-refractivity contribution in [3.63, 3.8) is 0 Å². The van der Waals surface area contributed by atoms with Gasteiger partial charge >= 0.3 is 0 Å². The number of rotatable bonds is 7. The fourth-order valence-corrected chi connectivity index (χ4v) is 1.43. The van der Waals surface area contributed by atoms with Crippen molar-refractivity contribution in [2.24, 2.45) is 10.4 Å². The summed E-state index contributed by atoms with van der Waals surface area (Å²) in [6.45, 7) is 7.00. The minimum Gasteiger partial charge on any atom is -0.359 e. The third-order valence-electron chi connectivity index (χ3n) is 2.95. The molecule has 0 unspecified atom stereocenters. The summed E-state index contributed by atoms with van der Waals surface area (Å²) in [5, 5.41) is 8.88. The molecule has 0 aromatic heterocycles. The van der Waals surface area contributed by atoms with E-state index in [0.717, 1.165) is 13.0 Å². The molecule has 0 spiro atoms. The summed E-state index contributed by atoms with van der Waals surface area (Å²) < 4.78 is 0. The van der Waals surface area contributed by atoms with E-state index in [-0.39, 0.29) is 42.3 Å².